The molecule has 2 aliphatic rings. The van der Waals surface area contributed by atoms with Gasteiger partial charge in [-0.3, -0.25) is 9.36 Å². The average Bonchev–Trinajstić information content (AvgIpc) is 3.27. The highest BCUT2D eigenvalue weighted by molar-refractivity contribution is 7.99. The average molecular weight is 325 g/mol. The predicted octanol–water partition coefficient (Wildman–Crippen LogP) is 4.60. The fraction of sp³-hybridized carbons (Fsp3) is 0.450. The van der Waals surface area contributed by atoms with Gasteiger partial charge in [0.25, 0.3) is 5.56 Å². The van der Waals surface area contributed by atoms with E-state index in [4.69, 9.17) is 0 Å². The van der Waals surface area contributed by atoms with Gasteiger partial charge in [-0.05, 0) is 73.8 Å². The maximum atomic E-state index is 12.6. The van der Waals surface area contributed by atoms with Gasteiger partial charge in [-0.25, -0.2) is 0 Å². The summed E-state index contributed by atoms with van der Waals surface area (Å²) in [6.45, 7) is 6.51. The maximum Gasteiger partial charge on any atom is 0.251 e. The third-order valence-corrected chi connectivity index (χ3v) is 6.65. The van der Waals surface area contributed by atoms with Crippen molar-refractivity contribution in [1.29, 1.82) is 0 Å². The lowest BCUT2D eigenvalue weighted by Gasteiger charge is -2.17. The van der Waals surface area contributed by atoms with Gasteiger partial charge < -0.3 is 0 Å². The lowest BCUT2D eigenvalue weighted by molar-refractivity contribution is 0.554. The van der Waals surface area contributed by atoms with E-state index in [1.54, 1.807) is 0 Å². The van der Waals surface area contributed by atoms with Crippen molar-refractivity contribution in [3.05, 3.63) is 62.4 Å². The Balaban J connectivity index is 1.84. The molecule has 120 valence electrons. The Morgan fingerprint density at radius 1 is 1.22 bits per heavy atom. The van der Waals surface area contributed by atoms with Gasteiger partial charge >= 0.3 is 0 Å². The van der Waals surface area contributed by atoms with E-state index in [2.05, 4.69) is 39.0 Å². The van der Waals surface area contributed by atoms with E-state index in [1.165, 1.54) is 45.7 Å². The van der Waals surface area contributed by atoms with Crippen molar-refractivity contribution in [2.45, 2.75) is 57.0 Å². The number of thioether (sulfide) groups is 1. The van der Waals surface area contributed by atoms with E-state index >= 15 is 0 Å². The molecule has 4 rings (SSSR count). The summed E-state index contributed by atoms with van der Waals surface area (Å²) >= 11 is 1.88. The van der Waals surface area contributed by atoms with E-state index < -0.39 is 0 Å². The minimum absolute atomic E-state index is 0.183. The standard InChI is InChI=1S/C20H23NOS/c1-12-5-4-6-16(14(12)3)9-17-10-18(22)21-13(2)11-23-20(21)19(17)15-7-8-15/h4-6,10,13,15H,7-9,11H2,1-3H3/t13-/m1/s1. The second-order valence-electron chi connectivity index (χ2n) is 7.07. The second-order valence-corrected chi connectivity index (χ2v) is 8.08. The smallest absolute Gasteiger partial charge is 0.251 e. The number of hydrogen-bond donors (Lipinski definition) is 0. The van der Waals surface area contributed by atoms with Gasteiger partial charge in [-0.15, -0.1) is 11.8 Å². The van der Waals surface area contributed by atoms with Gasteiger partial charge in [0.05, 0.1) is 5.03 Å². The second kappa shape index (κ2) is 5.55. The number of rotatable bonds is 3. The molecule has 1 atom stereocenters. The number of benzene rings is 1. The van der Waals surface area contributed by atoms with Crippen molar-refractivity contribution in [1.82, 2.24) is 4.57 Å². The van der Waals surface area contributed by atoms with E-state index in [0.29, 0.717) is 12.0 Å². The molecule has 2 heterocycles. The molecular weight excluding hydrogens is 302 g/mol. The first-order valence-corrected chi connectivity index (χ1v) is 9.51. The van der Waals surface area contributed by atoms with Gasteiger partial charge in [0.1, 0.15) is 0 Å². The maximum absolute atomic E-state index is 12.6. The Bertz CT molecular complexity index is 832. The predicted molar refractivity (Wildman–Crippen MR) is 96.8 cm³/mol. The molecule has 1 aromatic carbocycles. The number of pyridine rings is 1. The van der Waals surface area contributed by atoms with Gasteiger partial charge in [-0.2, -0.15) is 0 Å². The largest absolute Gasteiger partial charge is 0.299 e. The van der Waals surface area contributed by atoms with Crippen LogP contribution in [0.5, 0.6) is 0 Å². The van der Waals surface area contributed by atoms with Crippen LogP contribution in [0.4, 0.5) is 0 Å². The normalized spacial score (nSPS) is 19.9. The molecule has 0 saturated heterocycles. The molecule has 2 aromatic rings. The third-order valence-electron chi connectivity index (χ3n) is 5.32. The van der Waals surface area contributed by atoms with Gasteiger partial charge in [0.15, 0.2) is 0 Å². The molecule has 1 saturated carbocycles. The number of hydrogen-bond acceptors (Lipinski definition) is 2. The Kier molecular flexibility index (Phi) is 3.64. The van der Waals surface area contributed by atoms with Crippen molar-refractivity contribution in [3.63, 3.8) is 0 Å². The topological polar surface area (TPSA) is 22.0 Å². The molecule has 0 N–H and O–H groups in total. The highest BCUT2D eigenvalue weighted by Gasteiger charge is 2.34. The van der Waals surface area contributed by atoms with E-state index in [-0.39, 0.29) is 5.56 Å². The van der Waals surface area contributed by atoms with Crippen molar-refractivity contribution < 1.29 is 0 Å². The van der Waals surface area contributed by atoms with E-state index in [0.717, 1.165) is 12.2 Å². The lowest BCUT2D eigenvalue weighted by Crippen LogP contribution is -2.23. The molecule has 0 bridgehead atoms. The molecule has 1 fully saturated rings. The minimum atomic E-state index is 0.183. The molecule has 1 aliphatic heterocycles. The first kappa shape index (κ1) is 15.1. The van der Waals surface area contributed by atoms with Crippen molar-refractivity contribution in [2.24, 2.45) is 0 Å². The summed E-state index contributed by atoms with van der Waals surface area (Å²) in [5.74, 6) is 1.71. The number of aromatic nitrogens is 1. The first-order chi connectivity index (χ1) is 11.1. The third kappa shape index (κ3) is 2.55. The fourth-order valence-electron chi connectivity index (χ4n) is 3.67. The van der Waals surface area contributed by atoms with Crippen molar-refractivity contribution in [2.75, 3.05) is 5.75 Å². The van der Waals surface area contributed by atoms with Crippen molar-refractivity contribution >= 4 is 11.8 Å². The van der Waals surface area contributed by atoms with Crippen LogP contribution in [0.15, 0.2) is 34.1 Å². The summed E-state index contributed by atoms with van der Waals surface area (Å²) in [5, 5.41) is 1.26. The zero-order chi connectivity index (χ0) is 16.1. The zero-order valence-corrected chi connectivity index (χ0v) is 14.9. The van der Waals surface area contributed by atoms with Crippen LogP contribution in [0.1, 0.15) is 59.5 Å². The zero-order valence-electron chi connectivity index (χ0n) is 14.1. The first-order valence-electron chi connectivity index (χ1n) is 8.52. The summed E-state index contributed by atoms with van der Waals surface area (Å²) in [6.07, 6.45) is 3.44. The molecule has 3 heteroatoms. The van der Waals surface area contributed by atoms with Crippen LogP contribution < -0.4 is 5.56 Å². The van der Waals surface area contributed by atoms with E-state index in [1.807, 2.05) is 22.4 Å². The van der Waals surface area contributed by atoms with Crippen LogP contribution in [0.25, 0.3) is 0 Å². The van der Waals surface area contributed by atoms with Crippen LogP contribution >= 0.6 is 11.8 Å². The van der Waals surface area contributed by atoms with Crippen LogP contribution in [-0.4, -0.2) is 10.3 Å². The van der Waals surface area contributed by atoms with E-state index in [9.17, 15) is 4.79 Å². The van der Waals surface area contributed by atoms with Crippen LogP contribution in [0, 0.1) is 13.8 Å². The van der Waals surface area contributed by atoms with Crippen LogP contribution in [-0.2, 0) is 6.42 Å². The highest BCUT2D eigenvalue weighted by Crippen LogP contribution is 2.48. The Morgan fingerprint density at radius 2 is 2.00 bits per heavy atom. The van der Waals surface area contributed by atoms with Gasteiger partial charge in [0, 0.05) is 17.9 Å². The lowest BCUT2D eigenvalue weighted by atomic mass is 9.94. The van der Waals surface area contributed by atoms with Gasteiger partial charge in [0.2, 0.25) is 0 Å². The van der Waals surface area contributed by atoms with Crippen LogP contribution in [0.3, 0.4) is 0 Å². The Morgan fingerprint density at radius 3 is 2.74 bits per heavy atom. The quantitative estimate of drug-likeness (QED) is 0.823. The molecule has 0 amide bonds. The minimum Gasteiger partial charge on any atom is -0.299 e. The summed E-state index contributed by atoms with van der Waals surface area (Å²) in [5.41, 5.74) is 6.96. The molecular formula is C20H23NOS. The molecule has 0 radical (unpaired) electrons. The summed E-state index contributed by atoms with van der Waals surface area (Å²) in [6, 6.07) is 8.75. The monoisotopic (exact) mass is 325 g/mol. The van der Waals surface area contributed by atoms with Crippen LogP contribution in [0.2, 0.25) is 0 Å². The molecule has 1 aliphatic carbocycles. The number of fused-ring (bicyclic) bond motifs is 1. The highest BCUT2D eigenvalue weighted by atomic mass is 32.2. The fourth-order valence-corrected chi connectivity index (χ4v) is 5.08. The summed E-state index contributed by atoms with van der Waals surface area (Å²) in [4.78, 5) is 12.6. The van der Waals surface area contributed by atoms with Crippen molar-refractivity contribution in [3.8, 4) is 0 Å². The SMILES string of the molecule is Cc1cccc(Cc2cc(=O)n3c(c2C2CC2)SC[C@H]3C)c1C. The molecule has 0 unspecified atom stereocenters. The molecule has 1 aromatic heterocycles. The number of nitrogens with zero attached hydrogens (tertiary/aromatic N) is 1. The molecule has 0 spiro atoms. The Hall–Kier alpha value is -1.48. The Labute approximate surface area is 141 Å². The summed E-state index contributed by atoms with van der Waals surface area (Å²) in [7, 11) is 0. The summed E-state index contributed by atoms with van der Waals surface area (Å²) < 4.78 is 2.03. The molecule has 23 heavy (non-hydrogen) atoms. The number of aryl methyl sites for hydroxylation is 1. The molecule has 2 nitrogen and oxygen atoms in total. The van der Waals surface area contributed by atoms with Gasteiger partial charge in [-0.1, -0.05) is 18.2 Å².